The second-order valence-corrected chi connectivity index (χ2v) is 5.64. The summed E-state index contributed by atoms with van der Waals surface area (Å²) in [6, 6.07) is 7.25. The molecule has 0 amide bonds. The van der Waals surface area contributed by atoms with Gasteiger partial charge in [-0.3, -0.25) is 4.98 Å². The molecule has 1 aliphatic rings. The van der Waals surface area contributed by atoms with Crippen molar-refractivity contribution in [2.45, 2.75) is 19.3 Å². The highest BCUT2D eigenvalue weighted by atomic mass is 35.5. The maximum absolute atomic E-state index is 6.30. The Labute approximate surface area is 121 Å². The molecular weight excluding hydrogens is 289 g/mol. The van der Waals surface area contributed by atoms with Gasteiger partial charge in [-0.15, -0.1) is 0 Å². The first-order chi connectivity index (χ1) is 8.65. The summed E-state index contributed by atoms with van der Waals surface area (Å²) in [6.45, 7) is 0. The van der Waals surface area contributed by atoms with Crippen LogP contribution in [0.25, 0.3) is 11.3 Å². The molecule has 1 aliphatic carbocycles. The maximum atomic E-state index is 6.30. The number of hydrogen-bond acceptors (Lipinski definition) is 1. The molecular formula is C14H10Cl3N. The van der Waals surface area contributed by atoms with Gasteiger partial charge in [-0.25, -0.2) is 0 Å². The first-order valence-corrected chi connectivity index (χ1v) is 6.92. The molecule has 0 N–H and O–H groups in total. The normalized spacial score (nSPS) is 13.7. The molecule has 0 saturated carbocycles. The highest BCUT2D eigenvalue weighted by Gasteiger charge is 2.18. The largest absolute Gasteiger partial charge is 0.252 e. The molecule has 0 spiro atoms. The number of nitrogens with zero attached hydrogens (tertiary/aromatic N) is 1. The molecule has 18 heavy (non-hydrogen) atoms. The Kier molecular flexibility index (Phi) is 3.23. The topological polar surface area (TPSA) is 12.9 Å². The van der Waals surface area contributed by atoms with E-state index in [2.05, 4.69) is 4.98 Å². The molecule has 1 aromatic heterocycles. The van der Waals surface area contributed by atoms with E-state index in [1.807, 2.05) is 12.1 Å². The van der Waals surface area contributed by atoms with Crippen LogP contribution in [-0.4, -0.2) is 4.98 Å². The van der Waals surface area contributed by atoms with E-state index in [0.717, 1.165) is 41.2 Å². The zero-order valence-electron chi connectivity index (χ0n) is 9.51. The highest BCUT2D eigenvalue weighted by Crippen LogP contribution is 2.35. The lowest BCUT2D eigenvalue weighted by molar-refractivity contribution is 0.900. The van der Waals surface area contributed by atoms with Crippen LogP contribution in [0.1, 0.15) is 17.7 Å². The summed E-state index contributed by atoms with van der Waals surface area (Å²) in [4.78, 5) is 4.66. The summed E-state index contributed by atoms with van der Waals surface area (Å²) in [5.74, 6) is 0. The lowest BCUT2D eigenvalue weighted by Gasteiger charge is -2.08. The van der Waals surface area contributed by atoms with Crippen molar-refractivity contribution >= 4 is 34.8 Å². The van der Waals surface area contributed by atoms with Crippen LogP contribution in [0, 0.1) is 0 Å². The molecule has 0 atom stereocenters. The van der Waals surface area contributed by atoms with Crippen molar-refractivity contribution in [1.29, 1.82) is 0 Å². The summed E-state index contributed by atoms with van der Waals surface area (Å²) in [6.07, 6.45) is 3.13. The van der Waals surface area contributed by atoms with Crippen LogP contribution < -0.4 is 0 Å². The molecule has 1 aromatic carbocycles. The Hall–Kier alpha value is -0.760. The zero-order chi connectivity index (χ0) is 12.7. The molecule has 3 rings (SSSR count). The van der Waals surface area contributed by atoms with E-state index >= 15 is 0 Å². The van der Waals surface area contributed by atoms with E-state index in [1.54, 1.807) is 12.1 Å². The van der Waals surface area contributed by atoms with Crippen LogP contribution in [-0.2, 0) is 12.8 Å². The van der Waals surface area contributed by atoms with Crippen LogP contribution >= 0.6 is 34.8 Å². The number of aromatic nitrogens is 1. The number of fused-ring (bicyclic) bond motifs is 1. The number of hydrogen-bond donors (Lipinski definition) is 0. The lowest BCUT2D eigenvalue weighted by atomic mass is 10.1. The molecule has 0 aliphatic heterocycles. The molecule has 0 fully saturated rings. The highest BCUT2D eigenvalue weighted by molar-refractivity contribution is 6.35. The summed E-state index contributed by atoms with van der Waals surface area (Å²) in [7, 11) is 0. The monoisotopic (exact) mass is 297 g/mol. The third-order valence-electron chi connectivity index (χ3n) is 3.20. The van der Waals surface area contributed by atoms with Crippen LogP contribution in [0.15, 0.2) is 24.3 Å². The van der Waals surface area contributed by atoms with Gasteiger partial charge in [-0.1, -0.05) is 34.8 Å². The number of halogens is 3. The number of pyridine rings is 1. The number of benzene rings is 1. The molecule has 4 heteroatoms. The first-order valence-electron chi connectivity index (χ1n) is 5.79. The Morgan fingerprint density at radius 2 is 1.78 bits per heavy atom. The third kappa shape index (κ3) is 2.11. The Morgan fingerprint density at radius 1 is 0.944 bits per heavy atom. The molecule has 1 nitrogen and oxygen atoms in total. The van der Waals surface area contributed by atoms with Crippen molar-refractivity contribution in [2.24, 2.45) is 0 Å². The minimum Gasteiger partial charge on any atom is -0.252 e. The van der Waals surface area contributed by atoms with Gasteiger partial charge in [0.15, 0.2) is 0 Å². The van der Waals surface area contributed by atoms with Crippen LogP contribution in [0.4, 0.5) is 0 Å². The molecule has 0 saturated heterocycles. The summed E-state index contributed by atoms with van der Waals surface area (Å²) < 4.78 is 0. The van der Waals surface area contributed by atoms with Crippen LogP contribution in [0.3, 0.4) is 0 Å². The van der Waals surface area contributed by atoms with Crippen molar-refractivity contribution < 1.29 is 0 Å². The molecule has 2 aromatic rings. The van der Waals surface area contributed by atoms with E-state index in [4.69, 9.17) is 34.8 Å². The fraction of sp³-hybridized carbons (Fsp3) is 0.214. The SMILES string of the molecule is Clc1ccc(Cl)c(-c2cc(Cl)c3c(n2)CCC3)c1. The Balaban J connectivity index is 2.18. The van der Waals surface area contributed by atoms with Crippen LogP contribution in [0.2, 0.25) is 15.1 Å². The van der Waals surface area contributed by atoms with Crippen molar-refractivity contribution in [3.8, 4) is 11.3 Å². The third-order valence-corrected chi connectivity index (χ3v) is 4.10. The molecule has 0 radical (unpaired) electrons. The average molecular weight is 299 g/mol. The number of rotatable bonds is 1. The molecule has 92 valence electrons. The summed E-state index contributed by atoms with van der Waals surface area (Å²) in [5, 5.41) is 2.07. The minimum absolute atomic E-state index is 0.640. The van der Waals surface area contributed by atoms with Crippen molar-refractivity contribution in [2.75, 3.05) is 0 Å². The van der Waals surface area contributed by atoms with Gasteiger partial charge in [-0.05, 0) is 49.1 Å². The standard InChI is InChI=1S/C14H10Cl3N/c15-8-4-5-11(16)10(6-8)14-7-12(17)9-2-1-3-13(9)18-14/h4-7H,1-3H2. The van der Waals surface area contributed by atoms with Crippen LogP contribution in [0.5, 0.6) is 0 Å². The molecule has 0 unspecified atom stereocenters. The number of aryl methyl sites for hydroxylation is 1. The van der Waals surface area contributed by atoms with Crippen molar-refractivity contribution in [1.82, 2.24) is 4.98 Å². The van der Waals surface area contributed by atoms with Gasteiger partial charge in [0.1, 0.15) is 0 Å². The van der Waals surface area contributed by atoms with Crippen molar-refractivity contribution in [3.05, 3.63) is 50.6 Å². The van der Waals surface area contributed by atoms with E-state index in [0.29, 0.717) is 10.0 Å². The molecule has 1 heterocycles. The maximum Gasteiger partial charge on any atom is 0.0735 e. The van der Waals surface area contributed by atoms with Gasteiger partial charge >= 0.3 is 0 Å². The Bertz CT molecular complexity index is 623. The smallest absolute Gasteiger partial charge is 0.0735 e. The summed E-state index contributed by atoms with van der Waals surface area (Å²) >= 11 is 18.5. The van der Waals surface area contributed by atoms with Gasteiger partial charge in [0.2, 0.25) is 0 Å². The van der Waals surface area contributed by atoms with Gasteiger partial charge in [0.25, 0.3) is 0 Å². The Morgan fingerprint density at radius 3 is 2.61 bits per heavy atom. The van der Waals surface area contributed by atoms with E-state index in [9.17, 15) is 0 Å². The first kappa shape index (κ1) is 12.3. The summed E-state index contributed by atoms with van der Waals surface area (Å²) in [5.41, 5.74) is 3.90. The van der Waals surface area contributed by atoms with Gasteiger partial charge in [0.05, 0.1) is 10.7 Å². The van der Waals surface area contributed by atoms with Crippen molar-refractivity contribution in [3.63, 3.8) is 0 Å². The predicted molar refractivity (Wildman–Crippen MR) is 76.7 cm³/mol. The van der Waals surface area contributed by atoms with E-state index in [1.165, 1.54) is 5.56 Å². The van der Waals surface area contributed by atoms with Gasteiger partial charge in [0, 0.05) is 21.3 Å². The lowest BCUT2D eigenvalue weighted by Crippen LogP contribution is -1.93. The van der Waals surface area contributed by atoms with Gasteiger partial charge < -0.3 is 0 Å². The second kappa shape index (κ2) is 4.73. The zero-order valence-corrected chi connectivity index (χ0v) is 11.8. The van der Waals surface area contributed by atoms with Gasteiger partial charge in [-0.2, -0.15) is 0 Å². The second-order valence-electron chi connectivity index (χ2n) is 4.39. The fourth-order valence-electron chi connectivity index (χ4n) is 2.33. The average Bonchev–Trinajstić information content (AvgIpc) is 2.81. The fourth-order valence-corrected chi connectivity index (χ4v) is 3.02. The quantitative estimate of drug-likeness (QED) is 0.705. The molecule has 0 bridgehead atoms. The van der Waals surface area contributed by atoms with E-state index < -0.39 is 0 Å². The van der Waals surface area contributed by atoms with E-state index in [-0.39, 0.29) is 0 Å². The predicted octanol–water partition coefficient (Wildman–Crippen LogP) is 5.20. The minimum atomic E-state index is 0.640.